The first-order valence-corrected chi connectivity index (χ1v) is 9.63. The van der Waals surface area contributed by atoms with E-state index in [1.54, 1.807) is 30.3 Å². The van der Waals surface area contributed by atoms with Gasteiger partial charge in [0.25, 0.3) is 0 Å². The van der Waals surface area contributed by atoms with Crippen LogP contribution >= 0.6 is 23.3 Å². The maximum absolute atomic E-state index is 12.5. The number of sulfone groups is 1. The highest BCUT2D eigenvalue weighted by molar-refractivity contribution is 7.92. The maximum Gasteiger partial charge on any atom is 0.239 e. The Morgan fingerprint density at radius 2 is 2.04 bits per heavy atom. The van der Waals surface area contributed by atoms with Crippen LogP contribution in [-0.4, -0.2) is 28.8 Å². The molecule has 1 aromatic heterocycles. The number of halogens is 1. The Kier molecular flexibility index (Phi) is 4.53. The highest BCUT2D eigenvalue weighted by atomic mass is 35.5. The van der Waals surface area contributed by atoms with Gasteiger partial charge < -0.3 is 5.32 Å². The fourth-order valence-corrected chi connectivity index (χ4v) is 4.24. The van der Waals surface area contributed by atoms with Gasteiger partial charge in [0.2, 0.25) is 5.91 Å². The van der Waals surface area contributed by atoms with E-state index in [9.17, 15) is 13.2 Å². The topological polar surface area (TPSA) is 89.0 Å². The zero-order valence-corrected chi connectivity index (χ0v) is 14.9. The van der Waals surface area contributed by atoms with Gasteiger partial charge in [0.05, 0.1) is 16.6 Å². The maximum atomic E-state index is 12.5. The monoisotopic (exact) mass is 381 g/mol. The van der Waals surface area contributed by atoms with Crippen molar-refractivity contribution in [2.45, 2.75) is 11.8 Å². The van der Waals surface area contributed by atoms with Gasteiger partial charge in [-0.15, -0.1) is 0 Å². The van der Waals surface area contributed by atoms with Gasteiger partial charge >= 0.3 is 0 Å². The van der Waals surface area contributed by atoms with Gasteiger partial charge in [-0.25, -0.2) is 8.42 Å². The van der Waals surface area contributed by atoms with Crippen LogP contribution in [0.2, 0.25) is 5.02 Å². The quantitative estimate of drug-likeness (QED) is 0.750. The molecule has 1 N–H and O–H groups in total. The molecule has 9 heteroatoms. The number of rotatable bonds is 4. The van der Waals surface area contributed by atoms with Crippen molar-refractivity contribution in [2.24, 2.45) is 0 Å². The lowest BCUT2D eigenvalue weighted by molar-refractivity contribution is -0.113. The van der Waals surface area contributed by atoms with E-state index in [0.29, 0.717) is 16.2 Å². The zero-order chi connectivity index (χ0) is 17.3. The molecule has 1 amide bonds. The molecule has 0 aliphatic carbocycles. The molecule has 0 atom stereocenters. The summed E-state index contributed by atoms with van der Waals surface area (Å²) >= 11 is 6.92. The van der Waals surface area contributed by atoms with Crippen molar-refractivity contribution in [3.8, 4) is 0 Å². The predicted octanol–water partition coefficient (Wildman–Crippen LogP) is 3.07. The second-order valence-corrected chi connectivity index (χ2v) is 8.05. The van der Waals surface area contributed by atoms with E-state index in [4.69, 9.17) is 11.6 Å². The molecule has 0 fully saturated rings. The molecule has 0 bridgehead atoms. The van der Waals surface area contributed by atoms with Gasteiger partial charge in [0, 0.05) is 10.7 Å². The molecule has 3 aromatic rings. The Labute approximate surface area is 147 Å². The summed E-state index contributed by atoms with van der Waals surface area (Å²) in [5, 5.41) is 3.04. The van der Waals surface area contributed by atoms with Crippen LogP contribution in [0.1, 0.15) is 5.56 Å². The number of nitrogens with zero attached hydrogens (tertiary/aromatic N) is 2. The number of fused-ring (bicyclic) bond motifs is 1. The third-order valence-electron chi connectivity index (χ3n) is 3.36. The van der Waals surface area contributed by atoms with Gasteiger partial charge in [-0.05, 0) is 36.8 Å². The van der Waals surface area contributed by atoms with Crippen molar-refractivity contribution in [3.63, 3.8) is 0 Å². The second-order valence-electron chi connectivity index (χ2n) is 5.16. The Hall–Kier alpha value is -2.03. The first kappa shape index (κ1) is 16.8. The molecule has 0 saturated carbocycles. The van der Waals surface area contributed by atoms with Crippen LogP contribution in [0.4, 0.5) is 5.69 Å². The van der Waals surface area contributed by atoms with Crippen LogP contribution in [0, 0.1) is 6.92 Å². The minimum Gasteiger partial charge on any atom is -0.325 e. The Morgan fingerprint density at radius 3 is 2.79 bits per heavy atom. The second kappa shape index (κ2) is 6.46. The SMILES string of the molecule is Cc1ccc(NC(=O)CS(=O)(=O)c2cccc3nsnc23)cc1Cl. The minimum absolute atomic E-state index is 0.00541. The van der Waals surface area contributed by atoms with Crippen molar-refractivity contribution in [1.82, 2.24) is 8.75 Å². The third kappa shape index (κ3) is 3.40. The van der Waals surface area contributed by atoms with Crippen molar-refractivity contribution in [2.75, 3.05) is 11.1 Å². The molecule has 24 heavy (non-hydrogen) atoms. The van der Waals surface area contributed by atoms with Gasteiger partial charge in [-0.2, -0.15) is 8.75 Å². The predicted molar refractivity (Wildman–Crippen MR) is 94.3 cm³/mol. The normalized spacial score (nSPS) is 11.6. The fraction of sp³-hybridized carbons (Fsp3) is 0.133. The number of carbonyl (C=O) groups is 1. The van der Waals surface area contributed by atoms with Gasteiger partial charge in [-0.1, -0.05) is 23.7 Å². The van der Waals surface area contributed by atoms with Crippen molar-refractivity contribution in [1.29, 1.82) is 0 Å². The summed E-state index contributed by atoms with van der Waals surface area (Å²) in [6.45, 7) is 1.83. The van der Waals surface area contributed by atoms with Crippen LogP contribution in [0.5, 0.6) is 0 Å². The van der Waals surface area contributed by atoms with E-state index in [-0.39, 0.29) is 10.4 Å². The van der Waals surface area contributed by atoms with Crippen molar-refractivity contribution in [3.05, 3.63) is 47.0 Å². The molecule has 124 valence electrons. The largest absolute Gasteiger partial charge is 0.325 e. The van der Waals surface area contributed by atoms with E-state index in [1.807, 2.05) is 6.92 Å². The van der Waals surface area contributed by atoms with Gasteiger partial charge in [0.1, 0.15) is 16.8 Å². The number of hydrogen-bond acceptors (Lipinski definition) is 6. The van der Waals surface area contributed by atoms with Crippen molar-refractivity contribution < 1.29 is 13.2 Å². The highest BCUT2D eigenvalue weighted by Gasteiger charge is 2.23. The molecule has 0 aliphatic heterocycles. The molecular weight excluding hydrogens is 370 g/mol. The van der Waals surface area contributed by atoms with Gasteiger partial charge in [0.15, 0.2) is 9.84 Å². The summed E-state index contributed by atoms with van der Waals surface area (Å²) in [5.74, 6) is -1.33. The number of nitrogens with one attached hydrogen (secondary N) is 1. The number of hydrogen-bond donors (Lipinski definition) is 1. The number of benzene rings is 2. The smallest absolute Gasteiger partial charge is 0.239 e. The average molecular weight is 382 g/mol. The van der Waals surface area contributed by atoms with Gasteiger partial charge in [-0.3, -0.25) is 4.79 Å². The summed E-state index contributed by atoms with van der Waals surface area (Å²) < 4.78 is 33.0. The molecule has 0 radical (unpaired) electrons. The Morgan fingerprint density at radius 1 is 1.25 bits per heavy atom. The van der Waals surface area contributed by atoms with Crippen LogP contribution < -0.4 is 5.32 Å². The number of carbonyl (C=O) groups excluding carboxylic acids is 1. The molecular formula is C15H12ClN3O3S2. The lowest BCUT2D eigenvalue weighted by atomic mass is 10.2. The van der Waals surface area contributed by atoms with E-state index in [2.05, 4.69) is 14.1 Å². The lowest BCUT2D eigenvalue weighted by Crippen LogP contribution is -2.23. The Balaban J connectivity index is 1.82. The molecule has 6 nitrogen and oxygen atoms in total. The highest BCUT2D eigenvalue weighted by Crippen LogP contribution is 2.23. The number of aromatic nitrogens is 2. The molecule has 3 rings (SSSR count). The van der Waals surface area contributed by atoms with E-state index in [0.717, 1.165) is 17.3 Å². The molecule has 0 aliphatic rings. The van der Waals surface area contributed by atoms with E-state index >= 15 is 0 Å². The van der Waals surface area contributed by atoms with Crippen molar-refractivity contribution >= 4 is 55.8 Å². The van der Waals surface area contributed by atoms with Crippen LogP contribution in [0.3, 0.4) is 0 Å². The zero-order valence-electron chi connectivity index (χ0n) is 12.5. The lowest BCUT2D eigenvalue weighted by Gasteiger charge is -2.08. The molecule has 0 spiro atoms. The summed E-state index contributed by atoms with van der Waals surface area (Å²) in [4.78, 5) is 12.1. The number of aryl methyl sites for hydroxylation is 1. The van der Waals surface area contributed by atoms with Crippen LogP contribution in [-0.2, 0) is 14.6 Å². The molecule has 0 unspecified atom stereocenters. The summed E-state index contributed by atoms with van der Waals surface area (Å²) in [5.41, 5.74) is 2.09. The number of amides is 1. The summed E-state index contributed by atoms with van der Waals surface area (Å²) in [6, 6.07) is 9.66. The molecule has 1 heterocycles. The standard InChI is InChI=1S/C15H12ClN3O3S2/c1-9-5-6-10(7-11(9)16)17-14(20)8-24(21,22)13-4-2-3-12-15(13)19-23-18-12/h2-7H,8H2,1H3,(H,17,20). The Bertz CT molecular complexity index is 1030. The number of anilines is 1. The first-order chi connectivity index (χ1) is 11.4. The van der Waals surface area contributed by atoms with Crippen LogP contribution in [0.15, 0.2) is 41.3 Å². The van der Waals surface area contributed by atoms with E-state index < -0.39 is 21.5 Å². The first-order valence-electron chi connectivity index (χ1n) is 6.87. The van der Waals surface area contributed by atoms with E-state index in [1.165, 1.54) is 6.07 Å². The molecule has 2 aromatic carbocycles. The summed E-state index contributed by atoms with van der Waals surface area (Å²) in [7, 11) is -3.84. The summed E-state index contributed by atoms with van der Waals surface area (Å²) in [6.07, 6.45) is 0. The average Bonchev–Trinajstić information content (AvgIpc) is 2.98. The van der Waals surface area contributed by atoms with Crippen LogP contribution in [0.25, 0.3) is 11.0 Å². The fourth-order valence-electron chi connectivity index (χ4n) is 2.15. The minimum atomic E-state index is -3.84. The molecule has 0 saturated heterocycles. The third-order valence-corrected chi connectivity index (χ3v) is 5.95.